The van der Waals surface area contributed by atoms with Crippen molar-refractivity contribution in [3.05, 3.63) is 30.1 Å². The summed E-state index contributed by atoms with van der Waals surface area (Å²) in [6.45, 7) is 1.49. The smallest absolute Gasteiger partial charge is 0.252 e. The number of nitrogens with two attached hydrogens (primary N) is 1. The Morgan fingerprint density at radius 2 is 2.44 bits per heavy atom. The van der Waals surface area contributed by atoms with Crippen LogP contribution in [0.2, 0.25) is 0 Å². The molecule has 0 saturated carbocycles. The van der Waals surface area contributed by atoms with E-state index in [1.807, 2.05) is 0 Å². The van der Waals surface area contributed by atoms with Gasteiger partial charge in [-0.15, -0.1) is 0 Å². The van der Waals surface area contributed by atoms with Gasteiger partial charge in [0.1, 0.15) is 0 Å². The number of carbonyl (C=O) groups is 2. The quantitative estimate of drug-likeness (QED) is 0.742. The second-order valence-electron chi connectivity index (χ2n) is 4.30. The zero-order chi connectivity index (χ0) is 13.0. The third kappa shape index (κ3) is 3.04. The van der Waals surface area contributed by atoms with E-state index in [-0.39, 0.29) is 17.9 Å². The van der Waals surface area contributed by atoms with Gasteiger partial charge in [0.15, 0.2) is 0 Å². The number of nitrogens with one attached hydrogen (secondary N) is 1. The van der Waals surface area contributed by atoms with E-state index in [2.05, 4.69) is 10.3 Å². The maximum absolute atomic E-state index is 11.7. The van der Waals surface area contributed by atoms with E-state index in [0.717, 1.165) is 0 Å². The first-order chi connectivity index (χ1) is 8.66. The molecule has 0 spiro atoms. The maximum atomic E-state index is 11.7. The molecule has 0 aliphatic carbocycles. The van der Waals surface area contributed by atoms with Gasteiger partial charge in [-0.3, -0.25) is 14.6 Å². The van der Waals surface area contributed by atoms with Crippen molar-refractivity contribution in [1.82, 2.24) is 15.2 Å². The fourth-order valence-electron chi connectivity index (χ4n) is 1.92. The van der Waals surface area contributed by atoms with Gasteiger partial charge in [0.2, 0.25) is 5.91 Å². The van der Waals surface area contributed by atoms with Gasteiger partial charge >= 0.3 is 0 Å². The highest BCUT2D eigenvalue weighted by molar-refractivity contribution is 5.93. The molecule has 1 aromatic rings. The average Bonchev–Trinajstić information content (AvgIpc) is 2.69. The number of hydrogen-bond donors (Lipinski definition) is 2. The monoisotopic (exact) mass is 248 g/mol. The van der Waals surface area contributed by atoms with Crippen LogP contribution in [0.15, 0.2) is 24.5 Å². The fraction of sp³-hybridized carbons (Fsp3) is 0.417. The molecule has 1 aliphatic heterocycles. The topological polar surface area (TPSA) is 88.3 Å². The minimum atomic E-state index is -0.181. The van der Waals surface area contributed by atoms with Crippen molar-refractivity contribution in [3.8, 4) is 0 Å². The second-order valence-corrected chi connectivity index (χ2v) is 4.30. The summed E-state index contributed by atoms with van der Waals surface area (Å²) >= 11 is 0. The Balaban J connectivity index is 1.76. The first kappa shape index (κ1) is 12.5. The Kier molecular flexibility index (Phi) is 3.88. The standard InChI is InChI=1S/C12H16N4O2/c13-10-6-11(17)16(8-10)5-4-15-12(18)9-2-1-3-14-7-9/h1-3,7,10H,4-6,8,13H2,(H,15,18). The summed E-state index contributed by atoms with van der Waals surface area (Å²) in [5.41, 5.74) is 6.20. The number of nitrogens with zero attached hydrogens (tertiary/aromatic N) is 2. The van der Waals surface area contributed by atoms with Crippen molar-refractivity contribution in [2.75, 3.05) is 19.6 Å². The molecule has 1 atom stereocenters. The van der Waals surface area contributed by atoms with Crippen molar-refractivity contribution < 1.29 is 9.59 Å². The van der Waals surface area contributed by atoms with Crippen LogP contribution in [0, 0.1) is 0 Å². The summed E-state index contributed by atoms with van der Waals surface area (Å²) in [6.07, 6.45) is 3.52. The highest BCUT2D eigenvalue weighted by Crippen LogP contribution is 2.07. The summed E-state index contributed by atoms with van der Waals surface area (Å²) in [7, 11) is 0. The van der Waals surface area contributed by atoms with E-state index in [4.69, 9.17) is 5.73 Å². The van der Waals surface area contributed by atoms with Crippen LogP contribution in [0.4, 0.5) is 0 Å². The zero-order valence-electron chi connectivity index (χ0n) is 10.0. The largest absolute Gasteiger partial charge is 0.350 e. The summed E-state index contributed by atoms with van der Waals surface area (Å²) in [4.78, 5) is 28.7. The molecular weight excluding hydrogens is 232 g/mol. The predicted octanol–water partition coefficient (Wildman–Crippen LogP) is -0.629. The van der Waals surface area contributed by atoms with Crippen molar-refractivity contribution in [1.29, 1.82) is 0 Å². The lowest BCUT2D eigenvalue weighted by Gasteiger charge is -2.16. The van der Waals surface area contributed by atoms with Gasteiger partial charge in [-0.2, -0.15) is 0 Å². The van der Waals surface area contributed by atoms with Crippen LogP contribution >= 0.6 is 0 Å². The van der Waals surface area contributed by atoms with Crippen LogP contribution in [0.5, 0.6) is 0 Å². The highest BCUT2D eigenvalue weighted by atomic mass is 16.2. The molecule has 2 rings (SSSR count). The molecule has 2 heterocycles. The minimum Gasteiger partial charge on any atom is -0.350 e. The van der Waals surface area contributed by atoms with E-state index in [0.29, 0.717) is 31.6 Å². The third-order valence-electron chi connectivity index (χ3n) is 2.84. The Morgan fingerprint density at radius 3 is 3.06 bits per heavy atom. The molecule has 1 fully saturated rings. The zero-order valence-corrected chi connectivity index (χ0v) is 10.0. The van der Waals surface area contributed by atoms with Gasteiger partial charge in [-0.05, 0) is 12.1 Å². The van der Waals surface area contributed by atoms with Gasteiger partial charge in [0.25, 0.3) is 5.91 Å². The number of amides is 2. The van der Waals surface area contributed by atoms with E-state index in [1.54, 1.807) is 23.2 Å². The molecule has 0 aromatic carbocycles. The number of carbonyl (C=O) groups excluding carboxylic acids is 2. The molecular formula is C12H16N4O2. The van der Waals surface area contributed by atoms with E-state index in [9.17, 15) is 9.59 Å². The van der Waals surface area contributed by atoms with Crippen LogP contribution in [-0.2, 0) is 4.79 Å². The summed E-state index contributed by atoms with van der Waals surface area (Å²) < 4.78 is 0. The number of aromatic nitrogens is 1. The summed E-state index contributed by atoms with van der Waals surface area (Å²) in [6, 6.07) is 3.32. The van der Waals surface area contributed by atoms with Crippen molar-refractivity contribution in [2.24, 2.45) is 5.73 Å². The van der Waals surface area contributed by atoms with Crippen molar-refractivity contribution >= 4 is 11.8 Å². The molecule has 0 radical (unpaired) electrons. The van der Waals surface area contributed by atoms with Crippen molar-refractivity contribution in [2.45, 2.75) is 12.5 Å². The fourth-order valence-corrected chi connectivity index (χ4v) is 1.92. The van der Waals surface area contributed by atoms with E-state index < -0.39 is 0 Å². The minimum absolute atomic E-state index is 0.0538. The van der Waals surface area contributed by atoms with Crippen LogP contribution in [0.25, 0.3) is 0 Å². The van der Waals surface area contributed by atoms with Crippen LogP contribution < -0.4 is 11.1 Å². The average molecular weight is 248 g/mol. The van der Waals surface area contributed by atoms with Crippen LogP contribution in [-0.4, -0.2) is 47.4 Å². The van der Waals surface area contributed by atoms with Crippen LogP contribution in [0.3, 0.4) is 0 Å². The SMILES string of the molecule is NC1CC(=O)N(CCNC(=O)c2cccnc2)C1. The lowest BCUT2D eigenvalue weighted by atomic mass is 10.3. The maximum Gasteiger partial charge on any atom is 0.252 e. The van der Waals surface area contributed by atoms with E-state index in [1.165, 1.54) is 6.20 Å². The summed E-state index contributed by atoms with van der Waals surface area (Å²) in [5, 5.41) is 2.75. The predicted molar refractivity (Wildman–Crippen MR) is 65.7 cm³/mol. The Hall–Kier alpha value is -1.95. The Morgan fingerprint density at radius 1 is 1.61 bits per heavy atom. The number of pyridine rings is 1. The summed E-state index contributed by atoms with van der Waals surface area (Å²) in [5.74, 6) is -0.128. The molecule has 96 valence electrons. The third-order valence-corrected chi connectivity index (χ3v) is 2.84. The van der Waals surface area contributed by atoms with Crippen LogP contribution in [0.1, 0.15) is 16.8 Å². The first-order valence-electron chi connectivity index (χ1n) is 5.88. The normalized spacial score (nSPS) is 19.1. The van der Waals surface area contributed by atoms with Gasteiger partial charge in [-0.1, -0.05) is 0 Å². The molecule has 1 aromatic heterocycles. The molecule has 6 heteroatoms. The molecule has 3 N–H and O–H groups in total. The molecule has 0 bridgehead atoms. The van der Waals surface area contributed by atoms with Gasteiger partial charge in [-0.25, -0.2) is 0 Å². The lowest BCUT2D eigenvalue weighted by Crippen LogP contribution is -2.36. The molecule has 6 nitrogen and oxygen atoms in total. The highest BCUT2D eigenvalue weighted by Gasteiger charge is 2.26. The van der Waals surface area contributed by atoms with Gasteiger partial charge in [0, 0.05) is 44.5 Å². The van der Waals surface area contributed by atoms with E-state index >= 15 is 0 Å². The lowest BCUT2D eigenvalue weighted by molar-refractivity contribution is -0.127. The molecule has 2 amide bonds. The number of rotatable bonds is 4. The molecule has 1 saturated heterocycles. The molecule has 1 aliphatic rings. The van der Waals surface area contributed by atoms with Gasteiger partial charge < -0.3 is 16.0 Å². The first-order valence-corrected chi connectivity index (χ1v) is 5.88. The molecule has 18 heavy (non-hydrogen) atoms. The Bertz CT molecular complexity index is 435. The molecule has 1 unspecified atom stereocenters. The number of hydrogen-bond acceptors (Lipinski definition) is 4. The second kappa shape index (κ2) is 5.59. The number of likely N-dealkylation sites (tertiary alicyclic amines) is 1. The Labute approximate surface area is 105 Å². The van der Waals surface area contributed by atoms with Crippen molar-refractivity contribution in [3.63, 3.8) is 0 Å². The van der Waals surface area contributed by atoms with Gasteiger partial charge in [0.05, 0.1) is 5.56 Å².